The highest BCUT2D eigenvalue weighted by atomic mass is 19.3. The van der Waals surface area contributed by atoms with Crippen LogP contribution in [0.15, 0.2) is 30.3 Å². The Morgan fingerprint density at radius 3 is 2.37 bits per heavy atom. The Labute approximate surface area is 201 Å². The van der Waals surface area contributed by atoms with Gasteiger partial charge in [0.05, 0.1) is 19.1 Å². The van der Waals surface area contributed by atoms with Crippen molar-refractivity contribution in [2.75, 3.05) is 50.7 Å². The number of hydrogen-bond donors (Lipinski definition) is 1. The Morgan fingerprint density at radius 1 is 1.06 bits per heavy atom. The van der Waals surface area contributed by atoms with Gasteiger partial charge in [-0.15, -0.1) is 0 Å². The number of aromatic hydroxyl groups is 1. The van der Waals surface area contributed by atoms with Crippen molar-refractivity contribution in [1.82, 2.24) is 9.80 Å². The fourth-order valence-corrected chi connectivity index (χ4v) is 6.08. The number of anilines is 1. The van der Waals surface area contributed by atoms with Gasteiger partial charge in [0.1, 0.15) is 23.7 Å². The predicted octanol–water partition coefficient (Wildman–Crippen LogP) is 3.98. The number of nitrogens with zero attached hydrogens (tertiary/aromatic N) is 3. The minimum atomic E-state index is -2.64. The maximum Gasteiger partial charge on any atom is 0.251 e. The second kappa shape index (κ2) is 9.43. The lowest BCUT2D eigenvalue weighted by Gasteiger charge is -2.54. The topological polar surface area (TPSA) is 47.0 Å². The first-order valence-electron chi connectivity index (χ1n) is 12.0. The second-order valence-corrected chi connectivity index (χ2v) is 10.1. The molecule has 9 heteroatoms. The molecule has 2 aromatic rings. The maximum absolute atomic E-state index is 15.5. The van der Waals surface area contributed by atoms with Crippen LogP contribution in [-0.2, 0) is 11.2 Å². The molecular formula is C26H29F4N3O2. The molecule has 0 saturated carbocycles. The van der Waals surface area contributed by atoms with E-state index < -0.39 is 30.6 Å². The fourth-order valence-electron chi connectivity index (χ4n) is 6.08. The fraction of sp³-hybridized carbons (Fsp3) is 0.500. The summed E-state index contributed by atoms with van der Waals surface area (Å²) in [5.74, 6) is -1.48. The number of carbonyl (C=O) groups is 1. The van der Waals surface area contributed by atoms with Crippen LogP contribution in [0.4, 0.5) is 23.2 Å². The molecule has 2 aromatic carbocycles. The van der Waals surface area contributed by atoms with Gasteiger partial charge in [0.15, 0.2) is 0 Å². The lowest BCUT2D eigenvalue weighted by molar-refractivity contribution is -0.112. The molecule has 3 aliphatic heterocycles. The summed E-state index contributed by atoms with van der Waals surface area (Å²) in [7, 11) is 0. The van der Waals surface area contributed by atoms with E-state index in [1.165, 1.54) is 29.2 Å². The Morgan fingerprint density at radius 2 is 1.74 bits per heavy atom. The molecule has 1 spiro atoms. The number of alkyl halides is 2. The summed E-state index contributed by atoms with van der Waals surface area (Å²) in [6.07, 6.45) is 0.444. The summed E-state index contributed by atoms with van der Waals surface area (Å²) in [6.45, 7) is 3.13. The Balaban J connectivity index is 1.40. The lowest BCUT2D eigenvalue weighted by Crippen LogP contribution is -2.60. The normalized spacial score (nSPS) is 22.3. The summed E-state index contributed by atoms with van der Waals surface area (Å²) in [6, 6.07) is 6.15. The van der Waals surface area contributed by atoms with Crippen molar-refractivity contribution in [1.29, 1.82) is 0 Å². The summed E-state index contributed by atoms with van der Waals surface area (Å²) in [4.78, 5) is 16.2. The minimum absolute atomic E-state index is 0.0321. The molecule has 3 aliphatic rings. The van der Waals surface area contributed by atoms with E-state index in [-0.39, 0.29) is 23.3 Å². The molecule has 1 atom stereocenters. The largest absolute Gasteiger partial charge is 0.508 e. The summed E-state index contributed by atoms with van der Waals surface area (Å²) >= 11 is 0. The van der Waals surface area contributed by atoms with Gasteiger partial charge < -0.3 is 14.8 Å². The molecule has 1 N–H and O–H groups in total. The minimum Gasteiger partial charge on any atom is -0.508 e. The van der Waals surface area contributed by atoms with Gasteiger partial charge in [-0.25, -0.2) is 17.6 Å². The number of phenols is 1. The molecule has 1 unspecified atom stereocenters. The van der Waals surface area contributed by atoms with Gasteiger partial charge in [0, 0.05) is 44.0 Å². The third kappa shape index (κ3) is 4.63. The molecule has 2 saturated heterocycles. The van der Waals surface area contributed by atoms with Crippen molar-refractivity contribution in [2.45, 2.75) is 31.7 Å². The zero-order chi connectivity index (χ0) is 24.7. The number of likely N-dealkylation sites (tertiary alicyclic amines) is 1. The zero-order valence-electron chi connectivity index (χ0n) is 19.4. The SMILES string of the molecule is O=CCN1CC2(CCN(c3cc(F)c(C4c5ccc(O)cc5CCN4CC(F)F)c(F)c3)CC2)C1. The van der Waals surface area contributed by atoms with Crippen LogP contribution in [0.25, 0.3) is 0 Å². The van der Waals surface area contributed by atoms with Crippen molar-refractivity contribution >= 4 is 12.0 Å². The van der Waals surface area contributed by atoms with Gasteiger partial charge in [-0.3, -0.25) is 9.80 Å². The van der Waals surface area contributed by atoms with Crippen LogP contribution in [0.2, 0.25) is 0 Å². The van der Waals surface area contributed by atoms with Crippen LogP contribution in [-0.4, -0.2) is 73.4 Å². The molecule has 2 fully saturated rings. The van der Waals surface area contributed by atoms with Crippen LogP contribution in [0.1, 0.15) is 35.6 Å². The molecule has 3 heterocycles. The Bertz CT molecular complexity index is 1070. The number of phenolic OH excluding ortho intramolecular Hbond substituents is 1. The average molecular weight is 492 g/mol. The monoisotopic (exact) mass is 491 g/mol. The Kier molecular flexibility index (Phi) is 6.48. The van der Waals surface area contributed by atoms with Gasteiger partial charge >= 0.3 is 0 Å². The molecule has 35 heavy (non-hydrogen) atoms. The molecule has 0 aromatic heterocycles. The number of halogens is 4. The molecule has 5 nitrogen and oxygen atoms in total. The Hall–Kier alpha value is -2.65. The highest BCUT2D eigenvalue weighted by molar-refractivity contribution is 5.53. The van der Waals surface area contributed by atoms with Gasteiger partial charge in [0.25, 0.3) is 6.43 Å². The van der Waals surface area contributed by atoms with E-state index in [1.54, 1.807) is 6.07 Å². The quantitative estimate of drug-likeness (QED) is 0.489. The third-order valence-corrected chi connectivity index (χ3v) is 7.80. The molecule has 5 rings (SSSR count). The van der Waals surface area contributed by atoms with E-state index in [0.29, 0.717) is 42.9 Å². The lowest BCUT2D eigenvalue weighted by atomic mass is 9.72. The summed E-state index contributed by atoms with van der Waals surface area (Å²) in [5.41, 5.74) is 1.62. The van der Waals surface area contributed by atoms with Crippen LogP contribution in [0, 0.1) is 17.0 Å². The molecule has 0 radical (unpaired) electrons. The second-order valence-electron chi connectivity index (χ2n) is 10.1. The van der Waals surface area contributed by atoms with Crippen LogP contribution >= 0.6 is 0 Å². The van der Waals surface area contributed by atoms with Crippen molar-refractivity contribution in [3.8, 4) is 5.75 Å². The van der Waals surface area contributed by atoms with Crippen molar-refractivity contribution in [2.24, 2.45) is 5.41 Å². The maximum atomic E-state index is 15.5. The molecule has 0 bridgehead atoms. The van der Waals surface area contributed by atoms with Gasteiger partial charge in [0.2, 0.25) is 0 Å². The van der Waals surface area contributed by atoms with Crippen molar-refractivity contribution in [3.05, 3.63) is 58.7 Å². The van der Waals surface area contributed by atoms with Gasteiger partial charge in [-0.1, -0.05) is 6.07 Å². The van der Waals surface area contributed by atoms with Crippen molar-refractivity contribution in [3.63, 3.8) is 0 Å². The number of hydrogen-bond acceptors (Lipinski definition) is 5. The highest BCUT2D eigenvalue weighted by Gasteiger charge is 2.44. The van der Waals surface area contributed by atoms with Crippen molar-refractivity contribution < 1.29 is 27.5 Å². The smallest absolute Gasteiger partial charge is 0.251 e. The third-order valence-electron chi connectivity index (χ3n) is 7.80. The molecule has 188 valence electrons. The molecule has 0 aliphatic carbocycles. The summed E-state index contributed by atoms with van der Waals surface area (Å²) < 4.78 is 57.7. The van der Waals surface area contributed by atoms with E-state index in [2.05, 4.69) is 4.90 Å². The van der Waals surface area contributed by atoms with Gasteiger partial charge in [-0.2, -0.15) is 0 Å². The number of benzene rings is 2. The van der Waals surface area contributed by atoms with E-state index in [9.17, 15) is 18.7 Å². The number of aldehydes is 1. The summed E-state index contributed by atoms with van der Waals surface area (Å²) in [5, 5.41) is 9.84. The predicted molar refractivity (Wildman–Crippen MR) is 124 cm³/mol. The van der Waals surface area contributed by atoms with E-state index >= 15 is 8.78 Å². The van der Waals surface area contributed by atoms with Crippen LogP contribution in [0.5, 0.6) is 5.75 Å². The molecular weight excluding hydrogens is 462 g/mol. The first-order chi connectivity index (χ1) is 16.8. The van der Waals surface area contributed by atoms with E-state index in [0.717, 1.165) is 32.2 Å². The number of carbonyl (C=O) groups excluding carboxylic acids is 1. The van der Waals surface area contributed by atoms with E-state index in [4.69, 9.17) is 0 Å². The van der Waals surface area contributed by atoms with Crippen LogP contribution < -0.4 is 4.90 Å². The molecule has 0 amide bonds. The van der Waals surface area contributed by atoms with Gasteiger partial charge in [-0.05, 0) is 60.1 Å². The first kappa shape index (κ1) is 24.1. The zero-order valence-corrected chi connectivity index (χ0v) is 19.4. The van der Waals surface area contributed by atoms with Crippen LogP contribution in [0.3, 0.4) is 0 Å². The average Bonchev–Trinajstić information content (AvgIpc) is 2.79. The number of piperidine rings is 1. The number of rotatable bonds is 6. The first-order valence-corrected chi connectivity index (χ1v) is 12.0. The number of fused-ring (bicyclic) bond motifs is 1. The van der Waals surface area contributed by atoms with E-state index in [1.807, 2.05) is 4.90 Å². The standard InChI is InChI=1S/C26H29F4N3O2/c27-21-12-18(32-7-4-26(5-8-32)15-31(16-26)9-10-34)13-22(28)24(21)25-20-2-1-19(35)11-17(20)3-6-33(25)14-23(29)30/h1-2,10-13,23,25,35H,3-9,14-16H2. The highest BCUT2D eigenvalue weighted by Crippen LogP contribution is 2.43.